The predicted octanol–water partition coefficient (Wildman–Crippen LogP) is 3.38. The van der Waals surface area contributed by atoms with E-state index in [1.165, 1.54) is 30.4 Å². The quantitative estimate of drug-likeness (QED) is 0.882. The third-order valence-corrected chi connectivity index (χ3v) is 4.87. The molecule has 0 heterocycles. The highest BCUT2D eigenvalue weighted by molar-refractivity contribution is 7.99. The second kappa shape index (κ2) is 6.48. The molecule has 0 aliphatic heterocycles. The fourth-order valence-corrected chi connectivity index (χ4v) is 3.45. The topological polar surface area (TPSA) is 21.3 Å². The minimum atomic E-state index is 0.699. The first-order valence-electron chi connectivity index (χ1n) is 6.62. The van der Waals surface area contributed by atoms with Crippen molar-refractivity contribution in [2.45, 2.75) is 44.0 Å². The van der Waals surface area contributed by atoms with Crippen LogP contribution in [0.5, 0.6) is 5.75 Å². The fourth-order valence-electron chi connectivity index (χ4n) is 2.65. The fraction of sp³-hybridized carbons (Fsp3) is 0.600. The van der Waals surface area contributed by atoms with Gasteiger partial charge in [-0.05, 0) is 49.6 Å². The highest BCUT2D eigenvalue weighted by Crippen LogP contribution is 2.28. The zero-order chi connectivity index (χ0) is 13.0. The van der Waals surface area contributed by atoms with E-state index < -0.39 is 0 Å². The van der Waals surface area contributed by atoms with E-state index in [0.29, 0.717) is 6.04 Å². The molecular formula is C15H23NOS. The molecule has 3 heteroatoms. The van der Waals surface area contributed by atoms with E-state index in [9.17, 15) is 0 Å². The summed E-state index contributed by atoms with van der Waals surface area (Å²) in [7, 11) is 1.72. The zero-order valence-corrected chi connectivity index (χ0v) is 12.3. The van der Waals surface area contributed by atoms with Gasteiger partial charge in [0.05, 0.1) is 7.11 Å². The van der Waals surface area contributed by atoms with Crippen molar-refractivity contribution in [3.8, 4) is 5.75 Å². The van der Waals surface area contributed by atoms with Crippen LogP contribution >= 0.6 is 11.8 Å². The summed E-state index contributed by atoms with van der Waals surface area (Å²) in [6, 6.07) is 7.13. The van der Waals surface area contributed by atoms with Crippen LogP contribution in [0, 0.1) is 6.92 Å². The SMILES string of the molecule is COc1ccc(CNC2CCC(SC)C2)cc1C. The lowest BCUT2D eigenvalue weighted by atomic mass is 10.1. The van der Waals surface area contributed by atoms with Gasteiger partial charge in [-0.25, -0.2) is 0 Å². The molecule has 2 rings (SSSR count). The van der Waals surface area contributed by atoms with Gasteiger partial charge < -0.3 is 10.1 Å². The van der Waals surface area contributed by atoms with E-state index in [0.717, 1.165) is 17.5 Å². The second-order valence-electron chi connectivity index (χ2n) is 5.05. The Kier molecular flexibility index (Phi) is 4.95. The molecule has 0 aromatic heterocycles. The summed E-state index contributed by atoms with van der Waals surface area (Å²) in [6.07, 6.45) is 6.22. The average Bonchev–Trinajstić information content (AvgIpc) is 2.84. The number of benzene rings is 1. The summed E-state index contributed by atoms with van der Waals surface area (Å²) in [4.78, 5) is 0. The standard InChI is InChI=1S/C15H23NOS/c1-11-8-12(4-7-15(11)17-2)10-16-13-5-6-14(9-13)18-3/h4,7-8,13-14,16H,5-6,9-10H2,1-3H3. The molecule has 18 heavy (non-hydrogen) atoms. The summed E-state index contributed by atoms with van der Waals surface area (Å²) < 4.78 is 5.28. The molecule has 2 nitrogen and oxygen atoms in total. The van der Waals surface area contributed by atoms with Crippen molar-refractivity contribution in [1.29, 1.82) is 0 Å². The molecule has 0 bridgehead atoms. The molecule has 1 fully saturated rings. The summed E-state index contributed by atoms with van der Waals surface area (Å²) in [5, 5.41) is 4.53. The molecule has 0 saturated heterocycles. The molecule has 0 radical (unpaired) electrons. The Labute approximate surface area is 114 Å². The Morgan fingerprint density at radius 2 is 2.22 bits per heavy atom. The molecule has 2 unspecified atom stereocenters. The van der Waals surface area contributed by atoms with Gasteiger partial charge in [-0.2, -0.15) is 11.8 Å². The Morgan fingerprint density at radius 1 is 1.39 bits per heavy atom. The van der Waals surface area contributed by atoms with Crippen molar-refractivity contribution in [3.63, 3.8) is 0 Å². The van der Waals surface area contributed by atoms with E-state index in [-0.39, 0.29) is 0 Å². The van der Waals surface area contributed by atoms with Crippen molar-refractivity contribution in [2.24, 2.45) is 0 Å². The predicted molar refractivity (Wildman–Crippen MR) is 79.5 cm³/mol. The maximum atomic E-state index is 5.28. The molecule has 0 amide bonds. The molecule has 1 N–H and O–H groups in total. The molecule has 1 aromatic rings. The van der Waals surface area contributed by atoms with Crippen LogP contribution in [0.2, 0.25) is 0 Å². The monoisotopic (exact) mass is 265 g/mol. The number of thioether (sulfide) groups is 1. The number of hydrogen-bond acceptors (Lipinski definition) is 3. The number of rotatable bonds is 5. The Bertz CT molecular complexity index is 394. The molecule has 1 aliphatic carbocycles. The summed E-state index contributed by atoms with van der Waals surface area (Å²) >= 11 is 2.01. The van der Waals surface area contributed by atoms with Gasteiger partial charge in [-0.1, -0.05) is 12.1 Å². The van der Waals surface area contributed by atoms with E-state index in [2.05, 4.69) is 36.7 Å². The lowest BCUT2D eigenvalue weighted by Crippen LogP contribution is -2.26. The first-order chi connectivity index (χ1) is 8.72. The lowest BCUT2D eigenvalue weighted by Gasteiger charge is -2.13. The van der Waals surface area contributed by atoms with Gasteiger partial charge in [-0.3, -0.25) is 0 Å². The van der Waals surface area contributed by atoms with Gasteiger partial charge in [0.1, 0.15) is 5.75 Å². The zero-order valence-electron chi connectivity index (χ0n) is 11.5. The lowest BCUT2D eigenvalue weighted by molar-refractivity contribution is 0.411. The Balaban J connectivity index is 1.85. The average molecular weight is 265 g/mol. The maximum absolute atomic E-state index is 5.28. The number of ether oxygens (including phenoxy) is 1. The number of nitrogens with one attached hydrogen (secondary N) is 1. The normalized spacial score (nSPS) is 23.3. The van der Waals surface area contributed by atoms with E-state index >= 15 is 0 Å². The van der Waals surface area contributed by atoms with Crippen molar-refractivity contribution >= 4 is 11.8 Å². The first kappa shape index (κ1) is 13.8. The van der Waals surface area contributed by atoms with E-state index in [4.69, 9.17) is 4.74 Å². The van der Waals surface area contributed by atoms with Crippen LogP contribution in [0.4, 0.5) is 0 Å². The van der Waals surface area contributed by atoms with E-state index in [1.54, 1.807) is 7.11 Å². The van der Waals surface area contributed by atoms with Crippen molar-refractivity contribution < 1.29 is 4.74 Å². The molecule has 1 aromatic carbocycles. The number of hydrogen-bond donors (Lipinski definition) is 1. The van der Waals surface area contributed by atoms with E-state index in [1.807, 2.05) is 11.8 Å². The van der Waals surface area contributed by atoms with Crippen LogP contribution in [-0.4, -0.2) is 24.7 Å². The van der Waals surface area contributed by atoms with Crippen molar-refractivity contribution in [2.75, 3.05) is 13.4 Å². The molecular weight excluding hydrogens is 242 g/mol. The highest BCUT2D eigenvalue weighted by atomic mass is 32.2. The highest BCUT2D eigenvalue weighted by Gasteiger charge is 2.23. The third-order valence-electron chi connectivity index (χ3n) is 3.77. The van der Waals surface area contributed by atoms with Gasteiger partial charge in [-0.15, -0.1) is 0 Å². The number of aryl methyl sites for hydroxylation is 1. The van der Waals surface area contributed by atoms with Crippen molar-refractivity contribution in [1.82, 2.24) is 5.32 Å². The van der Waals surface area contributed by atoms with Gasteiger partial charge in [0.15, 0.2) is 0 Å². The summed E-state index contributed by atoms with van der Waals surface area (Å²) in [5.74, 6) is 0.974. The minimum Gasteiger partial charge on any atom is -0.496 e. The van der Waals surface area contributed by atoms with Crippen LogP contribution in [0.15, 0.2) is 18.2 Å². The molecule has 0 spiro atoms. The summed E-state index contributed by atoms with van der Waals surface area (Å²) in [6.45, 7) is 3.07. The smallest absolute Gasteiger partial charge is 0.121 e. The molecule has 1 saturated carbocycles. The second-order valence-corrected chi connectivity index (χ2v) is 6.19. The van der Waals surface area contributed by atoms with Crippen LogP contribution in [0.1, 0.15) is 30.4 Å². The maximum Gasteiger partial charge on any atom is 0.121 e. The van der Waals surface area contributed by atoms with Gasteiger partial charge in [0.25, 0.3) is 0 Å². The largest absolute Gasteiger partial charge is 0.496 e. The molecule has 100 valence electrons. The van der Waals surface area contributed by atoms with Crippen LogP contribution in [0.25, 0.3) is 0 Å². The third kappa shape index (κ3) is 3.42. The van der Waals surface area contributed by atoms with Gasteiger partial charge in [0.2, 0.25) is 0 Å². The summed E-state index contributed by atoms with van der Waals surface area (Å²) in [5.41, 5.74) is 2.56. The van der Waals surface area contributed by atoms with Crippen LogP contribution < -0.4 is 10.1 Å². The van der Waals surface area contributed by atoms with Crippen molar-refractivity contribution in [3.05, 3.63) is 29.3 Å². The van der Waals surface area contributed by atoms with Gasteiger partial charge >= 0.3 is 0 Å². The molecule has 2 atom stereocenters. The Morgan fingerprint density at radius 3 is 2.83 bits per heavy atom. The van der Waals surface area contributed by atoms with Gasteiger partial charge in [0, 0.05) is 17.8 Å². The minimum absolute atomic E-state index is 0.699. The van der Waals surface area contributed by atoms with Crippen LogP contribution in [0.3, 0.4) is 0 Å². The van der Waals surface area contributed by atoms with Crippen LogP contribution in [-0.2, 0) is 6.54 Å². The Hall–Kier alpha value is -0.670. The first-order valence-corrected chi connectivity index (χ1v) is 7.91. The molecule has 1 aliphatic rings. The number of methoxy groups -OCH3 is 1.